The van der Waals surface area contributed by atoms with E-state index in [1.54, 1.807) is 31.2 Å². The summed E-state index contributed by atoms with van der Waals surface area (Å²) >= 11 is 0. The van der Waals surface area contributed by atoms with E-state index in [4.69, 9.17) is 0 Å². The van der Waals surface area contributed by atoms with Gasteiger partial charge in [0.1, 0.15) is 5.78 Å². The van der Waals surface area contributed by atoms with Crippen molar-refractivity contribution in [2.24, 2.45) is 0 Å². The summed E-state index contributed by atoms with van der Waals surface area (Å²) in [5.41, 5.74) is 0.272. The molecule has 0 aliphatic carbocycles. The molecule has 1 aromatic carbocycles. The number of ketones is 1. The number of sulfonamides is 1. The third-order valence-corrected chi connectivity index (χ3v) is 4.81. The van der Waals surface area contributed by atoms with Crippen LogP contribution in [0.25, 0.3) is 0 Å². The summed E-state index contributed by atoms with van der Waals surface area (Å²) in [6, 6.07) is 6.68. The Morgan fingerprint density at radius 3 is 2.25 bits per heavy atom. The van der Waals surface area contributed by atoms with Gasteiger partial charge in [0.15, 0.2) is 0 Å². The number of rotatable bonds is 7. The predicted octanol–water partition coefficient (Wildman–Crippen LogP) is 2.81. The van der Waals surface area contributed by atoms with Crippen molar-refractivity contribution in [2.75, 3.05) is 0 Å². The molecular weight excluding hydrogens is 274 g/mol. The average Bonchev–Trinajstić information content (AvgIpc) is 2.27. The first-order chi connectivity index (χ1) is 9.18. The lowest BCUT2D eigenvalue weighted by Gasteiger charge is -2.29. The smallest absolute Gasteiger partial charge is 0.241 e. The molecule has 0 aromatic heterocycles. The van der Waals surface area contributed by atoms with Gasteiger partial charge in [-0.2, -0.15) is 0 Å². The predicted molar refractivity (Wildman–Crippen MR) is 80.1 cm³/mol. The number of nitrogens with one attached hydrogen (secondary N) is 1. The number of carbonyl (C=O) groups excluding carboxylic acids is 1. The fourth-order valence-electron chi connectivity index (χ4n) is 2.38. The number of carbonyl (C=O) groups is 1. The molecule has 0 heterocycles. The van der Waals surface area contributed by atoms with Crippen LogP contribution in [0.4, 0.5) is 0 Å². The molecule has 1 rings (SSSR count). The average molecular weight is 297 g/mol. The van der Waals surface area contributed by atoms with Crippen LogP contribution in [-0.2, 0) is 14.8 Å². The van der Waals surface area contributed by atoms with Crippen LogP contribution in [0.1, 0.15) is 45.6 Å². The normalized spacial score (nSPS) is 14.8. The van der Waals surface area contributed by atoms with E-state index < -0.39 is 15.6 Å². The summed E-state index contributed by atoms with van der Waals surface area (Å²) in [5.74, 6) is -0.0208. The van der Waals surface area contributed by atoms with Gasteiger partial charge in [-0.05, 0) is 39.3 Å². The van der Waals surface area contributed by atoms with E-state index in [-0.39, 0.29) is 17.1 Å². The lowest BCUT2D eigenvalue weighted by Crippen LogP contribution is -2.47. The first kappa shape index (κ1) is 16.9. The number of Topliss-reactive ketones (excluding diaryl/α,β-unsaturated/α-hetero) is 1. The fraction of sp³-hybridized carbons (Fsp3) is 0.533. The summed E-state index contributed by atoms with van der Waals surface area (Å²) in [6.07, 6.45) is 1.63. The van der Waals surface area contributed by atoms with Gasteiger partial charge in [0.05, 0.1) is 4.90 Å². The minimum Gasteiger partial charge on any atom is -0.300 e. The molecule has 1 aromatic rings. The molecule has 0 saturated heterocycles. The maximum Gasteiger partial charge on any atom is 0.241 e. The molecule has 1 N–H and O–H groups in total. The standard InChI is InChI=1S/C15H23NO3S/c1-5-10-15(4,11-13(3)17)16-20(18,19)14-8-6-12(2)7-9-14/h6-9,16H,5,10-11H2,1-4H3/t15-/m0/s1. The summed E-state index contributed by atoms with van der Waals surface area (Å²) in [5, 5.41) is 0. The quantitative estimate of drug-likeness (QED) is 0.841. The van der Waals surface area contributed by atoms with Crippen LogP contribution in [0.5, 0.6) is 0 Å². The van der Waals surface area contributed by atoms with Crippen LogP contribution in [0.3, 0.4) is 0 Å². The van der Waals surface area contributed by atoms with Crippen molar-refractivity contribution in [3.8, 4) is 0 Å². The molecule has 0 unspecified atom stereocenters. The maximum atomic E-state index is 12.4. The summed E-state index contributed by atoms with van der Waals surface area (Å²) in [6.45, 7) is 7.14. The second kappa shape index (κ2) is 6.50. The summed E-state index contributed by atoms with van der Waals surface area (Å²) < 4.78 is 27.5. The van der Waals surface area contributed by atoms with E-state index in [1.807, 2.05) is 13.8 Å². The molecule has 0 amide bonds. The topological polar surface area (TPSA) is 63.2 Å². The molecule has 112 valence electrons. The van der Waals surface area contributed by atoms with E-state index >= 15 is 0 Å². The molecule has 0 saturated carbocycles. The van der Waals surface area contributed by atoms with Gasteiger partial charge in [0.2, 0.25) is 10.0 Å². The molecule has 1 atom stereocenters. The van der Waals surface area contributed by atoms with Crippen LogP contribution in [-0.4, -0.2) is 19.7 Å². The first-order valence-electron chi connectivity index (χ1n) is 6.78. The Balaban J connectivity index is 3.02. The van der Waals surface area contributed by atoms with Crippen molar-refractivity contribution >= 4 is 15.8 Å². The zero-order valence-corrected chi connectivity index (χ0v) is 13.4. The van der Waals surface area contributed by atoms with Crippen molar-refractivity contribution in [1.82, 2.24) is 4.72 Å². The van der Waals surface area contributed by atoms with Gasteiger partial charge in [-0.25, -0.2) is 13.1 Å². The molecule has 0 fully saturated rings. The van der Waals surface area contributed by atoms with Crippen molar-refractivity contribution < 1.29 is 13.2 Å². The Kier molecular flexibility index (Phi) is 5.48. The summed E-state index contributed by atoms with van der Waals surface area (Å²) in [4.78, 5) is 11.6. The van der Waals surface area contributed by atoms with Gasteiger partial charge in [0.25, 0.3) is 0 Å². The second-order valence-corrected chi connectivity index (χ2v) is 7.29. The van der Waals surface area contributed by atoms with Crippen molar-refractivity contribution in [3.05, 3.63) is 29.8 Å². The Morgan fingerprint density at radius 2 is 1.80 bits per heavy atom. The molecule has 0 bridgehead atoms. The zero-order chi connectivity index (χ0) is 15.4. The van der Waals surface area contributed by atoms with Gasteiger partial charge in [-0.1, -0.05) is 31.0 Å². The molecular formula is C15H23NO3S. The van der Waals surface area contributed by atoms with E-state index in [1.165, 1.54) is 6.92 Å². The number of benzene rings is 1. The molecule has 20 heavy (non-hydrogen) atoms. The molecule has 0 aliphatic heterocycles. The van der Waals surface area contributed by atoms with Crippen LogP contribution < -0.4 is 4.72 Å². The zero-order valence-electron chi connectivity index (χ0n) is 12.6. The van der Waals surface area contributed by atoms with E-state index in [9.17, 15) is 13.2 Å². The van der Waals surface area contributed by atoms with E-state index in [0.717, 1.165) is 12.0 Å². The van der Waals surface area contributed by atoms with Gasteiger partial charge in [-0.15, -0.1) is 0 Å². The lowest BCUT2D eigenvalue weighted by atomic mass is 9.92. The summed E-state index contributed by atoms with van der Waals surface area (Å²) in [7, 11) is -3.60. The Labute approximate surface area is 121 Å². The Bertz CT molecular complexity index is 563. The molecule has 0 aliphatic rings. The van der Waals surface area contributed by atoms with Crippen LogP contribution >= 0.6 is 0 Å². The van der Waals surface area contributed by atoms with E-state index in [0.29, 0.717) is 6.42 Å². The van der Waals surface area contributed by atoms with Crippen LogP contribution in [0, 0.1) is 6.92 Å². The first-order valence-corrected chi connectivity index (χ1v) is 8.27. The number of hydrogen-bond acceptors (Lipinski definition) is 3. The Hall–Kier alpha value is -1.20. The number of hydrogen-bond donors (Lipinski definition) is 1. The largest absolute Gasteiger partial charge is 0.300 e. The fourth-order valence-corrected chi connectivity index (χ4v) is 3.81. The lowest BCUT2D eigenvalue weighted by molar-refractivity contribution is -0.118. The third-order valence-electron chi connectivity index (χ3n) is 3.15. The van der Waals surface area contributed by atoms with Gasteiger partial charge in [-0.3, -0.25) is 4.79 Å². The monoisotopic (exact) mass is 297 g/mol. The van der Waals surface area contributed by atoms with E-state index in [2.05, 4.69) is 4.72 Å². The highest BCUT2D eigenvalue weighted by Crippen LogP contribution is 2.21. The molecule has 4 nitrogen and oxygen atoms in total. The number of aryl methyl sites for hydroxylation is 1. The van der Waals surface area contributed by atoms with Crippen molar-refractivity contribution in [1.29, 1.82) is 0 Å². The van der Waals surface area contributed by atoms with Crippen molar-refractivity contribution in [2.45, 2.75) is 57.4 Å². The second-order valence-electron chi connectivity index (χ2n) is 5.61. The van der Waals surface area contributed by atoms with Crippen LogP contribution in [0.15, 0.2) is 29.2 Å². The van der Waals surface area contributed by atoms with Crippen LogP contribution in [0.2, 0.25) is 0 Å². The van der Waals surface area contributed by atoms with Gasteiger partial charge >= 0.3 is 0 Å². The van der Waals surface area contributed by atoms with Gasteiger partial charge < -0.3 is 0 Å². The minimum atomic E-state index is -3.60. The highest BCUT2D eigenvalue weighted by Gasteiger charge is 2.31. The molecule has 0 spiro atoms. The highest BCUT2D eigenvalue weighted by atomic mass is 32.2. The van der Waals surface area contributed by atoms with Crippen molar-refractivity contribution in [3.63, 3.8) is 0 Å². The van der Waals surface area contributed by atoms with Gasteiger partial charge in [0, 0.05) is 12.0 Å². The minimum absolute atomic E-state index is 0.0208. The Morgan fingerprint density at radius 1 is 1.25 bits per heavy atom. The maximum absolute atomic E-state index is 12.4. The molecule has 5 heteroatoms. The molecule has 0 radical (unpaired) electrons. The third kappa shape index (κ3) is 4.72. The highest BCUT2D eigenvalue weighted by molar-refractivity contribution is 7.89. The SMILES string of the molecule is CCC[C@@](C)(CC(C)=O)NS(=O)(=O)c1ccc(C)cc1.